The van der Waals surface area contributed by atoms with Crippen molar-refractivity contribution in [2.45, 2.75) is 13.2 Å². The van der Waals surface area contributed by atoms with Gasteiger partial charge in [0.1, 0.15) is 6.23 Å². The van der Waals surface area contributed by atoms with Crippen LogP contribution in [0.4, 0.5) is 0 Å². The van der Waals surface area contributed by atoms with Crippen molar-refractivity contribution in [3.63, 3.8) is 0 Å². The van der Waals surface area contributed by atoms with Crippen LogP contribution in [0.1, 0.15) is 6.92 Å². The van der Waals surface area contributed by atoms with Crippen molar-refractivity contribution in [1.82, 2.24) is 5.32 Å². The first kappa shape index (κ1) is 11.8. The van der Waals surface area contributed by atoms with Crippen molar-refractivity contribution in [2.75, 3.05) is 6.54 Å². The molecule has 0 aliphatic carbocycles. The van der Waals surface area contributed by atoms with Crippen molar-refractivity contribution in [3.8, 4) is 0 Å². The monoisotopic (exact) mass is 225 g/mol. The Kier molecular flexibility index (Phi) is 8.10. The van der Waals surface area contributed by atoms with Crippen LogP contribution in [0.3, 0.4) is 0 Å². The number of hydrogen-bond acceptors (Lipinski definition) is 3. The van der Waals surface area contributed by atoms with E-state index in [-0.39, 0.29) is 27.0 Å². The first-order valence-corrected chi connectivity index (χ1v) is 2.26. The first-order valence-electron chi connectivity index (χ1n) is 2.26. The molecule has 1 atom stereocenters. The van der Waals surface area contributed by atoms with E-state index in [1.165, 1.54) is 6.92 Å². The summed E-state index contributed by atoms with van der Waals surface area (Å²) >= 11 is 0. The van der Waals surface area contributed by atoms with Crippen LogP contribution in [-0.2, 0) is 25.2 Å². The van der Waals surface area contributed by atoms with E-state index in [2.05, 4.69) is 5.32 Å². The Morgan fingerprint density at radius 1 is 1.78 bits per heavy atom. The maximum absolute atomic E-state index is 9.73. The molecule has 0 aliphatic heterocycles. The van der Waals surface area contributed by atoms with Crippen LogP contribution in [0.5, 0.6) is 0 Å². The second-order valence-electron chi connectivity index (χ2n) is 1.45. The molecule has 0 saturated heterocycles. The summed E-state index contributed by atoms with van der Waals surface area (Å²) in [6.07, 6.45) is -0.744. The first-order chi connectivity index (χ1) is 3.63. The number of nitrogens with one attached hydrogen (secondary N) is 1. The largest absolute Gasteiger partial charge is 0.480 e. The molecule has 0 bridgehead atoms. The molecule has 3 N–H and O–H groups in total. The van der Waals surface area contributed by atoms with Crippen LogP contribution in [0.15, 0.2) is 0 Å². The molecule has 9 heavy (non-hydrogen) atoms. The Balaban J connectivity index is 0. The molecule has 0 heterocycles. The van der Waals surface area contributed by atoms with Crippen LogP contribution < -0.4 is 5.32 Å². The molecule has 0 aromatic carbocycles. The molecule has 58 valence electrons. The summed E-state index contributed by atoms with van der Waals surface area (Å²) in [7, 11) is 0. The molecule has 0 fully saturated rings. The minimum atomic E-state index is -0.967. The Morgan fingerprint density at radius 2 is 2.22 bits per heavy atom. The fourth-order valence-electron chi connectivity index (χ4n) is 0.235. The van der Waals surface area contributed by atoms with Crippen molar-refractivity contribution in [1.29, 1.82) is 0 Å². The van der Waals surface area contributed by atoms with Gasteiger partial charge in [-0.2, -0.15) is 0 Å². The van der Waals surface area contributed by atoms with Gasteiger partial charge in [-0.3, -0.25) is 10.1 Å². The van der Waals surface area contributed by atoms with Crippen molar-refractivity contribution in [2.24, 2.45) is 0 Å². The average molecular weight is 226 g/mol. The standard InChI is InChI=1S/C4H9NO3.Pd/c1-3(6)5-2-4(7)8;/h3,5-6H,2H2,1H3,(H,7,8);. The fraction of sp³-hybridized carbons (Fsp3) is 0.750. The summed E-state index contributed by atoms with van der Waals surface area (Å²) in [6, 6.07) is 0. The van der Waals surface area contributed by atoms with Gasteiger partial charge in [-0.05, 0) is 6.92 Å². The zero-order valence-corrected chi connectivity index (χ0v) is 6.46. The van der Waals surface area contributed by atoms with Crippen LogP contribution in [-0.4, -0.2) is 29.0 Å². The number of aliphatic hydroxyl groups is 1. The predicted molar refractivity (Wildman–Crippen MR) is 27.3 cm³/mol. The summed E-state index contributed by atoms with van der Waals surface area (Å²) in [5.41, 5.74) is 0. The van der Waals surface area contributed by atoms with Gasteiger partial charge in [-0.15, -0.1) is 0 Å². The quantitative estimate of drug-likeness (QED) is 0.426. The van der Waals surface area contributed by atoms with Gasteiger partial charge in [-0.1, -0.05) is 0 Å². The van der Waals surface area contributed by atoms with E-state index < -0.39 is 12.2 Å². The molecule has 0 radical (unpaired) electrons. The van der Waals surface area contributed by atoms with E-state index in [4.69, 9.17) is 10.2 Å². The number of rotatable bonds is 3. The molecule has 0 spiro atoms. The number of aliphatic carboxylic acids is 1. The molecular formula is C4H9NO3Pd. The van der Waals surface area contributed by atoms with Crippen LogP contribution in [0, 0.1) is 0 Å². The number of carbonyl (C=O) groups is 1. The molecule has 4 nitrogen and oxygen atoms in total. The summed E-state index contributed by atoms with van der Waals surface area (Å²) in [6.45, 7) is 1.26. The molecule has 0 rings (SSSR count). The van der Waals surface area contributed by atoms with Crippen LogP contribution in [0.25, 0.3) is 0 Å². The summed E-state index contributed by atoms with van der Waals surface area (Å²) in [5, 5.41) is 18.7. The maximum Gasteiger partial charge on any atom is 0.317 e. The van der Waals surface area contributed by atoms with Crippen LogP contribution >= 0.6 is 0 Å². The van der Waals surface area contributed by atoms with Gasteiger partial charge in [0.2, 0.25) is 0 Å². The fourth-order valence-corrected chi connectivity index (χ4v) is 0.235. The summed E-state index contributed by atoms with van der Waals surface area (Å²) in [4.78, 5) is 9.73. The van der Waals surface area contributed by atoms with Gasteiger partial charge in [0.15, 0.2) is 0 Å². The Bertz CT molecular complexity index is 85.9. The molecular weight excluding hydrogens is 216 g/mol. The topological polar surface area (TPSA) is 69.6 Å². The van der Waals surface area contributed by atoms with E-state index in [1.807, 2.05) is 0 Å². The molecule has 0 saturated carbocycles. The number of hydrogen-bond donors (Lipinski definition) is 3. The normalized spacial score (nSPS) is 11.8. The van der Waals surface area contributed by atoms with E-state index in [9.17, 15) is 4.79 Å². The second kappa shape index (κ2) is 6.18. The minimum absolute atomic E-state index is 0. The van der Waals surface area contributed by atoms with E-state index in [0.29, 0.717) is 0 Å². The Morgan fingerprint density at radius 3 is 2.33 bits per heavy atom. The third-order valence-electron chi connectivity index (χ3n) is 0.549. The third-order valence-corrected chi connectivity index (χ3v) is 0.549. The average Bonchev–Trinajstić information content (AvgIpc) is 1.61. The summed E-state index contributed by atoms with van der Waals surface area (Å²) < 4.78 is 0. The predicted octanol–water partition coefficient (Wildman–Crippen LogP) is -1.00. The van der Waals surface area contributed by atoms with Crippen molar-refractivity contribution < 1.29 is 35.4 Å². The van der Waals surface area contributed by atoms with E-state index >= 15 is 0 Å². The van der Waals surface area contributed by atoms with Gasteiger partial charge in [0.25, 0.3) is 0 Å². The smallest absolute Gasteiger partial charge is 0.317 e. The van der Waals surface area contributed by atoms with E-state index in [0.717, 1.165) is 0 Å². The molecule has 0 aliphatic rings. The minimum Gasteiger partial charge on any atom is -0.480 e. The SMILES string of the molecule is CC(O)NCC(=O)O.[Pd]. The zero-order chi connectivity index (χ0) is 6.57. The molecule has 1 unspecified atom stereocenters. The summed E-state index contributed by atoms with van der Waals surface area (Å²) in [5.74, 6) is -0.967. The van der Waals surface area contributed by atoms with Gasteiger partial charge in [-0.25, -0.2) is 0 Å². The number of carboxylic acids is 1. The van der Waals surface area contributed by atoms with Gasteiger partial charge in [0, 0.05) is 20.4 Å². The number of carboxylic acid groups (broad SMARTS) is 1. The van der Waals surface area contributed by atoms with Gasteiger partial charge < -0.3 is 10.2 Å². The molecule has 0 aromatic heterocycles. The molecule has 5 heteroatoms. The maximum atomic E-state index is 9.73. The number of aliphatic hydroxyl groups excluding tert-OH is 1. The molecule has 0 amide bonds. The van der Waals surface area contributed by atoms with Crippen LogP contribution in [0.2, 0.25) is 0 Å². The van der Waals surface area contributed by atoms with Gasteiger partial charge >= 0.3 is 5.97 Å². The Labute approximate surface area is 66.9 Å². The Hall–Kier alpha value is 0.0523. The van der Waals surface area contributed by atoms with Crippen molar-refractivity contribution >= 4 is 5.97 Å². The van der Waals surface area contributed by atoms with Crippen molar-refractivity contribution in [3.05, 3.63) is 0 Å². The second-order valence-corrected chi connectivity index (χ2v) is 1.45. The zero-order valence-electron chi connectivity index (χ0n) is 4.90. The van der Waals surface area contributed by atoms with E-state index in [1.54, 1.807) is 0 Å². The molecule has 0 aromatic rings. The third kappa shape index (κ3) is 11.6. The van der Waals surface area contributed by atoms with Gasteiger partial charge in [0.05, 0.1) is 6.54 Å².